The number of aromatic hydroxyl groups is 1. The molecule has 3 fully saturated rings. The lowest BCUT2D eigenvalue weighted by Crippen LogP contribution is -2.54. The Balaban J connectivity index is 1.14. The van der Waals surface area contributed by atoms with Crippen LogP contribution in [0.15, 0.2) is 48.7 Å². The minimum atomic E-state index is 0.0359. The van der Waals surface area contributed by atoms with E-state index in [0.29, 0.717) is 29.2 Å². The highest BCUT2D eigenvalue weighted by Gasteiger charge is 2.40. The van der Waals surface area contributed by atoms with Gasteiger partial charge in [-0.3, -0.25) is 4.90 Å². The molecule has 214 valence electrons. The molecule has 3 aliphatic heterocycles. The standard InChI is InChI=1S/C32H39N7O2/c1-32(22-40)12-5-16-37(17-13-32)15-4-6-23-18-24(11-14-34-23)39-25-9-10-26(39)21-38(20-25)29-19-28(35-36-31(29)33)27-7-2-3-8-30(27)41/h2-3,7-8,11,14,18-19,25-26,40-41H,5,9-10,12-13,15-17,20-22H2,1H3,(H2,33,36). The van der Waals surface area contributed by atoms with Gasteiger partial charge in [-0.1, -0.05) is 25.0 Å². The molecule has 3 atom stereocenters. The molecule has 0 amide bonds. The first-order valence-electron chi connectivity index (χ1n) is 14.7. The molecule has 5 heterocycles. The van der Waals surface area contributed by atoms with Crippen molar-refractivity contribution in [1.29, 1.82) is 0 Å². The topological polar surface area (TPSA) is 115 Å². The van der Waals surface area contributed by atoms with Gasteiger partial charge in [-0.25, -0.2) is 4.98 Å². The molecule has 6 rings (SSSR count). The number of rotatable bonds is 5. The minimum absolute atomic E-state index is 0.0359. The lowest BCUT2D eigenvalue weighted by atomic mass is 9.84. The maximum atomic E-state index is 10.3. The highest BCUT2D eigenvalue weighted by molar-refractivity contribution is 5.74. The van der Waals surface area contributed by atoms with E-state index in [1.165, 1.54) is 5.69 Å². The highest BCUT2D eigenvalue weighted by Crippen LogP contribution is 2.39. The van der Waals surface area contributed by atoms with Gasteiger partial charge in [0.1, 0.15) is 11.4 Å². The molecule has 0 aliphatic carbocycles. The number of nitrogens with zero attached hydrogens (tertiary/aromatic N) is 6. The van der Waals surface area contributed by atoms with Crippen LogP contribution in [0.2, 0.25) is 0 Å². The van der Waals surface area contributed by atoms with Gasteiger partial charge in [-0.2, -0.15) is 0 Å². The highest BCUT2D eigenvalue weighted by atomic mass is 16.3. The van der Waals surface area contributed by atoms with Crippen LogP contribution in [0.5, 0.6) is 5.75 Å². The third-order valence-corrected chi connectivity index (χ3v) is 9.03. The molecule has 3 aliphatic rings. The van der Waals surface area contributed by atoms with Gasteiger partial charge in [-0.05, 0) is 86.9 Å². The zero-order valence-corrected chi connectivity index (χ0v) is 23.7. The summed E-state index contributed by atoms with van der Waals surface area (Å²) in [5.41, 5.74) is 10.4. The number of aromatic nitrogens is 3. The number of phenols is 1. The number of piperazine rings is 1. The van der Waals surface area contributed by atoms with E-state index >= 15 is 0 Å². The molecular formula is C32H39N7O2. The Kier molecular flexibility index (Phi) is 7.69. The Hall–Kier alpha value is -3.87. The van der Waals surface area contributed by atoms with Gasteiger partial charge in [-0.15, -0.1) is 10.2 Å². The van der Waals surface area contributed by atoms with E-state index in [1.807, 2.05) is 24.4 Å². The number of fused-ring (bicyclic) bond motifs is 2. The number of phenolic OH excluding ortho intramolecular Hbond substituents is 1. The zero-order chi connectivity index (χ0) is 28.4. The molecule has 0 spiro atoms. The van der Waals surface area contributed by atoms with Crippen molar-refractivity contribution >= 4 is 17.2 Å². The molecule has 0 saturated carbocycles. The van der Waals surface area contributed by atoms with Crippen molar-refractivity contribution in [2.75, 3.05) is 54.9 Å². The van der Waals surface area contributed by atoms with Gasteiger partial charge >= 0.3 is 0 Å². The molecule has 3 aromatic rings. The quantitative estimate of drug-likeness (QED) is 0.408. The maximum absolute atomic E-state index is 10.3. The number of aliphatic hydroxyl groups excluding tert-OH is 1. The van der Waals surface area contributed by atoms with E-state index in [-0.39, 0.29) is 17.8 Å². The fourth-order valence-corrected chi connectivity index (χ4v) is 6.59. The number of pyridine rings is 1. The number of benzene rings is 1. The van der Waals surface area contributed by atoms with Crippen molar-refractivity contribution in [3.63, 3.8) is 0 Å². The molecule has 1 aromatic carbocycles. The summed E-state index contributed by atoms with van der Waals surface area (Å²) in [6, 6.07) is 14.0. The number of anilines is 3. The van der Waals surface area contributed by atoms with Gasteiger partial charge in [0.2, 0.25) is 0 Å². The maximum Gasteiger partial charge on any atom is 0.169 e. The second kappa shape index (κ2) is 11.6. The number of aliphatic hydroxyl groups is 1. The molecule has 41 heavy (non-hydrogen) atoms. The van der Waals surface area contributed by atoms with Gasteiger partial charge in [0, 0.05) is 49.2 Å². The fraction of sp³-hybridized carbons (Fsp3) is 0.469. The van der Waals surface area contributed by atoms with Gasteiger partial charge in [0.05, 0.1) is 17.9 Å². The van der Waals surface area contributed by atoms with E-state index in [9.17, 15) is 10.2 Å². The normalized spacial score (nSPS) is 24.5. The van der Waals surface area contributed by atoms with Crippen molar-refractivity contribution < 1.29 is 10.2 Å². The van der Waals surface area contributed by atoms with E-state index in [1.54, 1.807) is 12.1 Å². The van der Waals surface area contributed by atoms with Crippen LogP contribution >= 0.6 is 0 Å². The third-order valence-electron chi connectivity index (χ3n) is 9.03. The van der Waals surface area contributed by atoms with E-state index in [2.05, 4.69) is 60.8 Å². The SMILES string of the molecule is CC1(CO)CCCN(CC#Cc2cc(N3C4CCC3CN(c3cc(-c5ccccc5O)nnc3N)C4)ccn2)CC1. The summed E-state index contributed by atoms with van der Waals surface area (Å²) < 4.78 is 0. The number of hydrogen-bond donors (Lipinski definition) is 3. The molecule has 2 aromatic heterocycles. The van der Waals surface area contributed by atoms with Crippen LogP contribution in [0.25, 0.3) is 11.3 Å². The van der Waals surface area contributed by atoms with Crippen molar-refractivity contribution in [1.82, 2.24) is 20.1 Å². The summed E-state index contributed by atoms with van der Waals surface area (Å²) in [6.45, 7) is 6.82. The summed E-state index contributed by atoms with van der Waals surface area (Å²) in [5, 5.41) is 28.5. The Morgan fingerprint density at radius 2 is 1.85 bits per heavy atom. The van der Waals surface area contributed by atoms with Crippen LogP contribution in [-0.2, 0) is 0 Å². The summed E-state index contributed by atoms with van der Waals surface area (Å²) >= 11 is 0. The largest absolute Gasteiger partial charge is 0.507 e. The van der Waals surface area contributed by atoms with Gasteiger partial charge in [0.15, 0.2) is 5.82 Å². The second-order valence-electron chi connectivity index (χ2n) is 12.0. The fourth-order valence-electron chi connectivity index (χ4n) is 6.59. The Bertz CT molecular complexity index is 1440. The zero-order valence-electron chi connectivity index (χ0n) is 23.7. The monoisotopic (exact) mass is 553 g/mol. The Labute approximate surface area is 242 Å². The predicted octanol–water partition coefficient (Wildman–Crippen LogP) is 3.52. The predicted molar refractivity (Wildman–Crippen MR) is 162 cm³/mol. The van der Waals surface area contributed by atoms with Crippen LogP contribution in [0.3, 0.4) is 0 Å². The number of nitrogens with two attached hydrogens (primary N) is 1. The molecule has 3 saturated heterocycles. The van der Waals surface area contributed by atoms with E-state index < -0.39 is 0 Å². The number of hydrogen-bond acceptors (Lipinski definition) is 9. The molecular weight excluding hydrogens is 514 g/mol. The smallest absolute Gasteiger partial charge is 0.169 e. The number of likely N-dealkylation sites (tertiary alicyclic amines) is 1. The average molecular weight is 554 g/mol. The van der Waals surface area contributed by atoms with Crippen LogP contribution < -0.4 is 15.5 Å². The van der Waals surface area contributed by atoms with Crippen molar-refractivity contribution in [2.24, 2.45) is 5.41 Å². The Morgan fingerprint density at radius 3 is 2.63 bits per heavy atom. The van der Waals surface area contributed by atoms with Crippen LogP contribution in [0, 0.1) is 17.3 Å². The average Bonchev–Trinajstić information content (AvgIpc) is 3.12. The first-order chi connectivity index (χ1) is 19.9. The van der Waals surface area contributed by atoms with E-state index in [0.717, 1.165) is 76.2 Å². The molecule has 0 radical (unpaired) electrons. The molecule has 3 unspecified atom stereocenters. The van der Waals surface area contributed by atoms with Gasteiger partial charge < -0.3 is 25.7 Å². The first-order valence-corrected chi connectivity index (χ1v) is 14.7. The van der Waals surface area contributed by atoms with Gasteiger partial charge in [0.25, 0.3) is 0 Å². The van der Waals surface area contributed by atoms with Crippen molar-refractivity contribution in [3.8, 4) is 28.8 Å². The molecule has 9 nitrogen and oxygen atoms in total. The Morgan fingerprint density at radius 1 is 1.05 bits per heavy atom. The number of para-hydroxylation sites is 1. The first kappa shape index (κ1) is 27.3. The summed E-state index contributed by atoms with van der Waals surface area (Å²) in [4.78, 5) is 11.8. The third kappa shape index (κ3) is 5.81. The summed E-state index contributed by atoms with van der Waals surface area (Å²) in [5.74, 6) is 7.24. The molecule has 9 heteroatoms. The minimum Gasteiger partial charge on any atom is -0.507 e. The summed E-state index contributed by atoms with van der Waals surface area (Å²) in [6.07, 6.45) is 7.25. The lowest BCUT2D eigenvalue weighted by Gasteiger charge is -2.43. The summed E-state index contributed by atoms with van der Waals surface area (Å²) in [7, 11) is 0. The van der Waals surface area contributed by atoms with Crippen LogP contribution in [-0.4, -0.2) is 81.7 Å². The molecule has 2 bridgehead atoms. The van der Waals surface area contributed by atoms with Crippen LogP contribution in [0.1, 0.15) is 44.7 Å². The van der Waals surface area contributed by atoms with Crippen molar-refractivity contribution in [3.05, 3.63) is 54.4 Å². The van der Waals surface area contributed by atoms with Crippen molar-refractivity contribution in [2.45, 2.75) is 51.1 Å². The second-order valence-corrected chi connectivity index (χ2v) is 12.0. The number of nitrogen functional groups attached to an aromatic ring is 1. The van der Waals surface area contributed by atoms with E-state index in [4.69, 9.17) is 5.73 Å². The molecule has 4 N–H and O–H groups in total. The lowest BCUT2D eigenvalue weighted by molar-refractivity contribution is 0.125. The van der Waals surface area contributed by atoms with Crippen LogP contribution in [0.4, 0.5) is 17.2 Å².